The average Bonchev–Trinajstić information content (AvgIpc) is 2.68. The van der Waals surface area contributed by atoms with Crippen molar-refractivity contribution in [2.24, 2.45) is 4.40 Å². The molecule has 0 bridgehead atoms. The minimum atomic E-state index is -1.66. The van der Waals surface area contributed by atoms with Gasteiger partial charge in [-0.1, -0.05) is 0 Å². The molecule has 1 unspecified atom stereocenters. The summed E-state index contributed by atoms with van der Waals surface area (Å²) in [5.74, 6) is -0.567. The zero-order chi connectivity index (χ0) is 13.3. The lowest BCUT2D eigenvalue weighted by atomic mass is 10.2. The zero-order valence-electron chi connectivity index (χ0n) is 9.52. The Balaban J connectivity index is 2.37. The molecule has 1 aliphatic heterocycles. The number of aryl methyl sites for hydroxylation is 1. The number of allylic oxidation sites excluding steroid dienone is 1. The lowest BCUT2D eigenvalue weighted by Gasteiger charge is -2.13. The van der Waals surface area contributed by atoms with Gasteiger partial charge in [0, 0.05) is 6.08 Å². The summed E-state index contributed by atoms with van der Waals surface area (Å²) in [6.45, 7) is 1.95. The third kappa shape index (κ3) is 2.77. The smallest absolute Gasteiger partial charge is 0.358 e. The quantitative estimate of drug-likeness (QED) is 0.653. The number of halogens is 1. The minimum Gasteiger partial charge on any atom is -0.567 e. The summed E-state index contributed by atoms with van der Waals surface area (Å²) in [6, 6.07) is 1.92. The third-order valence-corrected chi connectivity index (χ3v) is 5.09. The van der Waals surface area contributed by atoms with Crippen LogP contribution in [0, 0.1) is 6.92 Å². The van der Waals surface area contributed by atoms with Crippen LogP contribution in [-0.2, 0) is 21.1 Å². The van der Waals surface area contributed by atoms with Crippen LogP contribution in [0.4, 0.5) is 0 Å². The number of nitrogens with one attached hydrogen (secondary N) is 1. The number of carbonyl (C=O) groups excluding carboxylic acids is 1. The molecule has 18 heavy (non-hydrogen) atoms. The van der Waals surface area contributed by atoms with E-state index in [1.54, 1.807) is 0 Å². The minimum absolute atomic E-state index is 0.142. The van der Waals surface area contributed by atoms with Gasteiger partial charge in [-0.2, -0.15) is 4.72 Å². The van der Waals surface area contributed by atoms with Gasteiger partial charge < -0.3 is 9.29 Å². The molecule has 0 radical (unpaired) electrons. The zero-order valence-corrected chi connectivity index (χ0v) is 12.7. The highest BCUT2D eigenvalue weighted by molar-refractivity contribution is 9.11. The van der Waals surface area contributed by atoms with Crippen molar-refractivity contribution in [3.63, 3.8) is 0 Å². The van der Waals surface area contributed by atoms with Crippen molar-refractivity contribution in [3.05, 3.63) is 32.1 Å². The van der Waals surface area contributed by atoms with Crippen LogP contribution in [0.15, 0.2) is 26.0 Å². The number of thiophene rings is 1. The van der Waals surface area contributed by atoms with Gasteiger partial charge in [-0.25, -0.2) is 4.79 Å². The summed E-state index contributed by atoms with van der Waals surface area (Å²) < 4.78 is 23.5. The normalized spacial score (nSPS) is 18.8. The molecule has 2 heterocycles. The summed E-state index contributed by atoms with van der Waals surface area (Å²) in [4.78, 5) is 12.3. The molecule has 0 saturated heterocycles. The number of carbonyl (C=O) groups is 1. The van der Waals surface area contributed by atoms with Gasteiger partial charge in [0.15, 0.2) is 5.70 Å². The predicted octanol–water partition coefficient (Wildman–Crippen LogP) is 1.85. The average molecular weight is 349 g/mol. The van der Waals surface area contributed by atoms with Crippen LogP contribution in [0.5, 0.6) is 0 Å². The fourth-order valence-corrected chi connectivity index (χ4v) is 3.57. The van der Waals surface area contributed by atoms with E-state index in [1.807, 2.05) is 13.0 Å². The van der Waals surface area contributed by atoms with Crippen molar-refractivity contribution in [3.8, 4) is 0 Å². The highest BCUT2D eigenvalue weighted by atomic mass is 79.9. The van der Waals surface area contributed by atoms with E-state index < -0.39 is 17.5 Å². The summed E-state index contributed by atoms with van der Waals surface area (Å²) in [5, 5.41) is 0. The molecule has 8 heteroatoms. The second kappa shape index (κ2) is 5.43. The highest BCUT2D eigenvalue weighted by Gasteiger charge is 2.25. The Kier molecular flexibility index (Phi) is 4.10. The van der Waals surface area contributed by atoms with Gasteiger partial charge in [0.2, 0.25) is 11.5 Å². The Morgan fingerprint density at radius 3 is 2.94 bits per heavy atom. The Hall–Kier alpha value is -0.830. The molecule has 0 aromatic carbocycles. The Morgan fingerprint density at radius 1 is 1.67 bits per heavy atom. The van der Waals surface area contributed by atoms with Crippen LogP contribution < -0.4 is 4.72 Å². The molecule has 96 valence electrons. The molecule has 1 atom stereocenters. The Labute approximate surface area is 120 Å². The van der Waals surface area contributed by atoms with Crippen molar-refractivity contribution < 1.29 is 14.1 Å². The largest absolute Gasteiger partial charge is 0.567 e. The molecule has 2 rings (SSSR count). The monoisotopic (exact) mass is 348 g/mol. The lowest BCUT2D eigenvalue weighted by Crippen LogP contribution is -2.31. The van der Waals surface area contributed by atoms with Crippen LogP contribution >= 0.6 is 27.3 Å². The van der Waals surface area contributed by atoms with Gasteiger partial charge >= 0.3 is 5.97 Å². The van der Waals surface area contributed by atoms with E-state index in [-0.39, 0.29) is 5.70 Å². The van der Waals surface area contributed by atoms with Crippen molar-refractivity contribution in [2.75, 3.05) is 7.11 Å². The summed E-state index contributed by atoms with van der Waals surface area (Å²) in [6.07, 6.45) is 1.53. The number of methoxy groups -OCH3 is 1. The molecule has 1 aromatic rings. The summed E-state index contributed by atoms with van der Waals surface area (Å²) >= 11 is 3.23. The maximum atomic E-state index is 11.5. The fraction of sp³-hybridized carbons (Fsp3) is 0.200. The van der Waals surface area contributed by atoms with Crippen LogP contribution in [0.3, 0.4) is 0 Å². The van der Waals surface area contributed by atoms with Gasteiger partial charge in [0.05, 0.1) is 15.8 Å². The lowest BCUT2D eigenvalue weighted by molar-refractivity contribution is -0.136. The van der Waals surface area contributed by atoms with Gasteiger partial charge in [0.1, 0.15) is 5.71 Å². The van der Waals surface area contributed by atoms with E-state index in [0.29, 0.717) is 5.71 Å². The first-order valence-electron chi connectivity index (χ1n) is 4.85. The molecule has 5 nitrogen and oxygen atoms in total. The highest BCUT2D eigenvalue weighted by Crippen LogP contribution is 2.29. The maximum Gasteiger partial charge on any atom is 0.358 e. The second-order valence-corrected chi connectivity index (χ2v) is 6.70. The van der Waals surface area contributed by atoms with Crippen molar-refractivity contribution >= 4 is 50.5 Å². The molecule has 1 aliphatic rings. The van der Waals surface area contributed by atoms with Crippen LogP contribution in [0.2, 0.25) is 0 Å². The molecular formula is C10H9BrN2O3S2. The number of esters is 1. The molecule has 0 amide bonds. The fourth-order valence-electron chi connectivity index (χ4n) is 1.31. The number of hydrogen-bond donors (Lipinski definition) is 1. The van der Waals surface area contributed by atoms with Gasteiger partial charge in [0.25, 0.3) is 0 Å². The van der Waals surface area contributed by atoms with E-state index >= 15 is 0 Å². The van der Waals surface area contributed by atoms with Crippen LogP contribution in [0.25, 0.3) is 0 Å². The van der Waals surface area contributed by atoms with Crippen molar-refractivity contribution in [1.82, 2.24) is 4.72 Å². The molecule has 1 aromatic heterocycles. The summed E-state index contributed by atoms with van der Waals surface area (Å²) in [5.41, 5.74) is 1.71. The second-order valence-electron chi connectivity index (χ2n) is 3.44. The molecule has 1 N–H and O–H groups in total. The maximum absolute atomic E-state index is 11.5. The summed E-state index contributed by atoms with van der Waals surface area (Å²) in [7, 11) is 1.27. The first-order chi connectivity index (χ1) is 8.51. The van der Waals surface area contributed by atoms with E-state index in [9.17, 15) is 9.35 Å². The molecule has 0 aliphatic carbocycles. The number of hydrogen-bond acceptors (Lipinski definition) is 6. The topological polar surface area (TPSA) is 73.8 Å². The van der Waals surface area contributed by atoms with Crippen LogP contribution in [0.1, 0.15) is 10.4 Å². The van der Waals surface area contributed by atoms with E-state index in [2.05, 4.69) is 29.8 Å². The third-order valence-electron chi connectivity index (χ3n) is 2.17. The molecule has 0 spiro atoms. The van der Waals surface area contributed by atoms with Crippen molar-refractivity contribution in [1.29, 1.82) is 0 Å². The molecule has 0 saturated carbocycles. The van der Waals surface area contributed by atoms with Gasteiger partial charge in [-0.3, -0.25) is 0 Å². The first-order valence-corrected chi connectivity index (χ1v) is 7.56. The van der Waals surface area contributed by atoms with Crippen molar-refractivity contribution in [2.45, 2.75) is 6.92 Å². The Bertz CT molecular complexity index is 534. The molecular weight excluding hydrogens is 340 g/mol. The SMILES string of the molecule is COC(=O)C1=CC(c2cc(C)c(Br)s2)=N[S+]([O-])N1. The van der Waals surface area contributed by atoms with Gasteiger partial charge in [-0.15, -0.1) is 11.3 Å². The van der Waals surface area contributed by atoms with E-state index in [1.165, 1.54) is 24.5 Å². The standard InChI is InChI=1S/C10H9BrN2O3S2/c1-5-3-8(17-9(5)11)6-4-7(10(14)16-2)13-18(15)12-6/h3-4,13H,1-2H3. The van der Waals surface area contributed by atoms with E-state index in [4.69, 9.17) is 0 Å². The predicted molar refractivity (Wildman–Crippen MR) is 74.7 cm³/mol. The number of nitrogens with zero attached hydrogens (tertiary/aromatic N) is 1. The van der Waals surface area contributed by atoms with E-state index in [0.717, 1.165) is 14.2 Å². The molecule has 0 fully saturated rings. The number of rotatable bonds is 2. The number of ether oxygens (including phenoxy) is 1. The Morgan fingerprint density at radius 2 is 2.39 bits per heavy atom. The van der Waals surface area contributed by atoms with Gasteiger partial charge in [-0.05, 0) is 38.9 Å². The van der Waals surface area contributed by atoms with Crippen LogP contribution in [-0.4, -0.2) is 23.3 Å². The first kappa shape index (κ1) is 13.6.